The summed E-state index contributed by atoms with van der Waals surface area (Å²) in [5.41, 5.74) is 18.8. The predicted octanol–water partition coefficient (Wildman–Crippen LogP) is -1.60. The summed E-state index contributed by atoms with van der Waals surface area (Å²) in [6.45, 7) is 2.56. The molecule has 1 amide bonds. The van der Waals surface area contributed by atoms with Crippen LogP contribution in [0.1, 0.15) is 18.5 Å². The average molecular weight is 291 g/mol. The lowest BCUT2D eigenvalue weighted by atomic mass is 9.91. The fraction of sp³-hybridized carbons (Fsp3) is 0.462. The molecule has 0 aromatic heterocycles. The molecule has 114 valence electrons. The number of amides is 1. The van der Waals surface area contributed by atoms with Crippen LogP contribution >= 0.6 is 0 Å². The minimum Gasteiger partial charge on any atom is -0.352 e. The topological polar surface area (TPSA) is 101 Å². The highest BCUT2D eigenvalue weighted by Crippen LogP contribution is 2.28. The zero-order valence-electron chi connectivity index (χ0n) is 11.8. The van der Waals surface area contributed by atoms with Crippen molar-refractivity contribution in [3.8, 4) is 0 Å². The standard InChI is InChI=1S/C13H21N7O/c1-8-11(9-5-3-2-4-6-9)17-18-12(8)13(21)14-7-10-15-19-20-16-10/h2-6,8,10-12,15-20H,7H2,1H3,(H,14,21). The van der Waals surface area contributed by atoms with Gasteiger partial charge in [0, 0.05) is 12.5 Å². The smallest absolute Gasteiger partial charge is 0.238 e. The van der Waals surface area contributed by atoms with Gasteiger partial charge in [-0.3, -0.25) is 4.79 Å². The number of benzene rings is 1. The van der Waals surface area contributed by atoms with Gasteiger partial charge in [-0.15, -0.1) is 0 Å². The summed E-state index contributed by atoms with van der Waals surface area (Å²) in [6, 6.07) is 10.0. The average Bonchev–Trinajstić information content (AvgIpc) is 3.15. The van der Waals surface area contributed by atoms with Gasteiger partial charge < -0.3 is 5.32 Å². The molecule has 21 heavy (non-hydrogen) atoms. The van der Waals surface area contributed by atoms with Gasteiger partial charge in [0.05, 0.1) is 6.04 Å². The molecule has 2 fully saturated rings. The Labute approximate surface area is 123 Å². The first-order valence-corrected chi connectivity index (χ1v) is 7.10. The summed E-state index contributed by atoms with van der Waals surface area (Å²) in [7, 11) is 0. The highest BCUT2D eigenvalue weighted by molar-refractivity contribution is 5.82. The van der Waals surface area contributed by atoms with E-state index >= 15 is 0 Å². The maximum absolute atomic E-state index is 12.3. The summed E-state index contributed by atoms with van der Waals surface area (Å²) in [4.78, 5) is 12.3. The molecule has 1 aromatic rings. The van der Waals surface area contributed by atoms with Gasteiger partial charge in [-0.05, 0) is 5.56 Å². The Morgan fingerprint density at radius 3 is 2.52 bits per heavy atom. The number of rotatable bonds is 4. The molecule has 0 bridgehead atoms. The molecule has 0 saturated carbocycles. The molecule has 3 atom stereocenters. The van der Waals surface area contributed by atoms with Crippen molar-refractivity contribution in [2.45, 2.75) is 25.2 Å². The van der Waals surface area contributed by atoms with Crippen LogP contribution in [-0.4, -0.2) is 24.7 Å². The van der Waals surface area contributed by atoms with E-state index in [1.807, 2.05) is 18.2 Å². The van der Waals surface area contributed by atoms with Gasteiger partial charge in [-0.2, -0.15) is 11.1 Å². The van der Waals surface area contributed by atoms with Crippen molar-refractivity contribution in [1.82, 2.24) is 38.1 Å². The van der Waals surface area contributed by atoms with Crippen LogP contribution in [0.15, 0.2) is 30.3 Å². The molecule has 3 unspecified atom stereocenters. The highest BCUT2D eigenvalue weighted by atomic mass is 16.2. The third-order valence-corrected chi connectivity index (χ3v) is 3.92. The molecular formula is C13H21N7O. The van der Waals surface area contributed by atoms with Crippen molar-refractivity contribution in [2.75, 3.05) is 6.54 Å². The van der Waals surface area contributed by atoms with Crippen LogP contribution in [0.2, 0.25) is 0 Å². The van der Waals surface area contributed by atoms with E-state index in [2.05, 4.69) is 57.1 Å². The van der Waals surface area contributed by atoms with Crippen LogP contribution in [-0.2, 0) is 4.79 Å². The van der Waals surface area contributed by atoms with E-state index in [0.717, 1.165) is 0 Å². The molecule has 2 saturated heterocycles. The molecule has 2 heterocycles. The molecule has 8 nitrogen and oxygen atoms in total. The van der Waals surface area contributed by atoms with E-state index in [4.69, 9.17) is 0 Å². The van der Waals surface area contributed by atoms with Crippen LogP contribution in [0.3, 0.4) is 0 Å². The quantitative estimate of drug-likeness (QED) is 0.359. The maximum Gasteiger partial charge on any atom is 0.238 e. The predicted molar refractivity (Wildman–Crippen MR) is 77.7 cm³/mol. The first kappa shape index (κ1) is 14.4. The fourth-order valence-corrected chi connectivity index (χ4v) is 2.68. The van der Waals surface area contributed by atoms with Gasteiger partial charge >= 0.3 is 0 Å². The normalized spacial score (nSPS) is 29.7. The van der Waals surface area contributed by atoms with E-state index in [0.29, 0.717) is 6.54 Å². The lowest BCUT2D eigenvalue weighted by Gasteiger charge is -2.19. The second-order valence-corrected chi connectivity index (χ2v) is 5.35. The minimum absolute atomic E-state index is 0.0102. The Morgan fingerprint density at radius 2 is 1.81 bits per heavy atom. The molecule has 0 radical (unpaired) electrons. The third-order valence-electron chi connectivity index (χ3n) is 3.92. The van der Waals surface area contributed by atoms with Crippen LogP contribution in [0.4, 0.5) is 0 Å². The second kappa shape index (κ2) is 6.48. The molecule has 2 aliphatic heterocycles. The monoisotopic (exact) mass is 291 g/mol. The Balaban J connectivity index is 1.55. The van der Waals surface area contributed by atoms with Crippen molar-refractivity contribution in [2.24, 2.45) is 5.92 Å². The maximum atomic E-state index is 12.3. The molecule has 8 heteroatoms. The van der Waals surface area contributed by atoms with E-state index in [9.17, 15) is 4.79 Å². The summed E-state index contributed by atoms with van der Waals surface area (Å²) in [5, 5.41) is 2.92. The van der Waals surface area contributed by atoms with Crippen molar-refractivity contribution in [3.05, 3.63) is 35.9 Å². The van der Waals surface area contributed by atoms with Gasteiger partial charge in [0.1, 0.15) is 12.2 Å². The number of nitrogens with one attached hydrogen (secondary N) is 7. The fourth-order valence-electron chi connectivity index (χ4n) is 2.68. The number of carbonyl (C=O) groups excluding carboxylic acids is 1. The molecule has 0 spiro atoms. The third kappa shape index (κ3) is 3.21. The number of hydrogen-bond donors (Lipinski definition) is 7. The SMILES string of the molecule is CC1C(C(=O)NCC2NNNN2)NNC1c1ccccc1. The Morgan fingerprint density at radius 1 is 1.10 bits per heavy atom. The molecule has 0 aliphatic carbocycles. The summed E-state index contributed by atoms with van der Waals surface area (Å²) in [6.07, 6.45) is -0.0384. The molecular weight excluding hydrogens is 270 g/mol. The second-order valence-electron chi connectivity index (χ2n) is 5.35. The van der Waals surface area contributed by atoms with E-state index in [-0.39, 0.29) is 30.1 Å². The zero-order valence-corrected chi connectivity index (χ0v) is 11.8. The highest BCUT2D eigenvalue weighted by Gasteiger charge is 2.37. The Kier molecular flexibility index (Phi) is 4.44. The van der Waals surface area contributed by atoms with Gasteiger partial charge in [0.25, 0.3) is 0 Å². The minimum atomic E-state index is -0.252. The molecule has 2 aliphatic rings. The van der Waals surface area contributed by atoms with E-state index in [1.54, 1.807) is 0 Å². The van der Waals surface area contributed by atoms with Gasteiger partial charge in [0.15, 0.2) is 0 Å². The lowest BCUT2D eigenvalue weighted by Crippen LogP contribution is -2.50. The Hall–Kier alpha value is -1.55. The van der Waals surface area contributed by atoms with Gasteiger partial charge in [-0.25, -0.2) is 21.7 Å². The lowest BCUT2D eigenvalue weighted by molar-refractivity contribution is -0.123. The summed E-state index contributed by atoms with van der Waals surface area (Å²) < 4.78 is 0. The Bertz CT molecular complexity index is 477. The van der Waals surface area contributed by atoms with Crippen molar-refractivity contribution >= 4 is 5.91 Å². The number of carbonyl (C=O) groups is 1. The molecule has 3 rings (SSSR count). The van der Waals surface area contributed by atoms with Crippen LogP contribution in [0.5, 0.6) is 0 Å². The first-order valence-electron chi connectivity index (χ1n) is 7.10. The number of hydrogen-bond acceptors (Lipinski definition) is 7. The van der Waals surface area contributed by atoms with E-state index < -0.39 is 0 Å². The van der Waals surface area contributed by atoms with E-state index in [1.165, 1.54) is 5.56 Å². The summed E-state index contributed by atoms with van der Waals surface area (Å²) >= 11 is 0. The molecule has 7 N–H and O–H groups in total. The van der Waals surface area contributed by atoms with Gasteiger partial charge in [-0.1, -0.05) is 37.3 Å². The van der Waals surface area contributed by atoms with Crippen molar-refractivity contribution < 1.29 is 4.79 Å². The van der Waals surface area contributed by atoms with Gasteiger partial charge in [0.2, 0.25) is 5.91 Å². The largest absolute Gasteiger partial charge is 0.352 e. The number of hydrazine groups is 4. The van der Waals surface area contributed by atoms with Crippen LogP contribution < -0.4 is 38.1 Å². The molecule has 1 aromatic carbocycles. The summed E-state index contributed by atoms with van der Waals surface area (Å²) in [5.74, 6) is 0.150. The van der Waals surface area contributed by atoms with Crippen molar-refractivity contribution in [1.29, 1.82) is 0 Å². The zero-order chi connectivity index (χ0) is 14.7. The first-order chi connectivity index (χ1) is 10.3. The van der Waals surface area contributed by atoms with Crippen LogP contribution in [0, 0.1) is 5.92 Å². The van der Waals surface area contributed by atoms with Crippen LogP contribution in [0.25, 0.3) is 0 Å². The van der Waals surface area contributed by atoms with Crippen molar-refractivity contribution in [3.63, 3.8) is 0 Å².